The van der Waals surface area contributed by atoms with E-state index in [2.05, 4.69) is 6.92 Å². The van der Waals surface area contributed by atoms with E-state index in [9.17, 15) is 4.79 Å². The Morgan fingerprint density at radius 3 is 2.53 bits per heavy atom. The van der Waals surface area contributed by atoms with Gasteiger partial charge in [0.2, 0.25) is 0 Å². The fourth-order valence-electron chi connectivity index (χ4n) is 2.00. The predicted molar refractivity (Wildman–Crippen MR) is 59.2 cm³/mol. The summed E-state index contributed by atoms with van der Waals surface area (Å²) in [6, 6.07) is 9.71. The Kier molecular flexibility index (Phi) is 2.58. The predicted octanol–water partition coefficient (Wildman–Crippen LogP) is 2.80. The van der Waals surface area contributed by atoms with E-state index in [4.69, 9.17) is 4.74 Å². The monoisotopic (exact) mass is 202 g/mol. The highest BCUT2D eigenvalue weighted by Gasteiger charge is 2.30. The van der Waals surface area contributed by atoms with E-state index >= 15 is 0 Å². The molecule has 78 valence electrons. The standard InChI is InChI=1S/C13H14O2/c1-3-11-9(2)15-13(14)12(11)10-7-5-4-6-8-10/h4-9H,3H2,1-2H3/t9-/m1/s1. The number of benzene rings is 1. The second-order valence-electron chi connectivity index (χ2n) is 3.67. The minimum Gasteiger partial charge on any atom is -0.454 e. The maximum Gasteiger partial charge on any atom is 0.339 e. The first-order valence-corrected chi connectivity index (χ1v) is 5.23. The fraction of sp³-hybridized carbons (Fsp3) is 0.308. The molecule has 1 atom stereocenters. The number of hydrogen-bond donors (Lipinski definition) is 0. The van der Waals surface area contributed by atoms with E-state index in [1.165, 1.54) is 0 Å². The third kappa shape index (κ3) is 1.67. The number of esters is 1. The van der Waals surface area contributed by atoms with Crippen LogP contribution in [-0.2, 0) is 9.53 Å². The highest BCUT2D eigenvalue weighted by molar-refractivity contribution is 6.19. The van der Waals surface area contributed by atoms with Gasteiger partial charge < -0.3 is 4.74 Å². The summed E-state index contributed by atoms with van der Waals surface area (Å²) >= 11 is 0. The van der Waals surface area contributed by atoms with Crippen LogP contribution in [0, 0.1) is 0 Å². The molecule has 2 rings (SSSR count). The molecule has 0 saturated carbocycles. The molecule has 1 aromatic rings. The maximum atomic E-state index is 11.7. The molecule has 1 aromatic carbocycles. The molecule has 0 fully saturated rings. The highest BCUT2D eigenvalue weighted by atomic mass is 16.5. The van der Waals surface area contributed by atoms with Crippen molar-refractivity contribution in [1.82, 2.24) is 0 Å². The zero-order valence-corrected chi connectivity index (χ0v) is 8.99. The van der Waals surface area contributed by atoms with Gasteiger partial charge in [-0.05, 0) is 24.5 Å². The number of ether oxygens (including phenoxy) is 1. The number of carbonyl (C=O) groups excluding carboxylic acids is 1. The lowest BCUT2D eigenvalue weighted by molar-refractivity contribution is -0.137. The first-order valence-electron chi connectivity index (χ1n) is 5.23. The molecule has 0 amide bonds. The van der Waals surface area contributed by atoms with Crippen molar-refractivity contribution in [2.24, 2.45) is 0 Å². The molecule has 1 aliphatic rings. The van der Waals surface area contributed by atoms with Crippen LogP contribution in [0.4, 0.5) is 0 Å². The van der Waals surface area contributed by atoms with E-state index in [1.54, 1.807) is 0 Å². The summed E-state index contributed by atoms with van der Waals surface area (Å²) in [7, 11) is 0. The van der Waals surface area contributed by atoms with Crippen molar-refractivity contribution in [2.75, 3.05) is 0 Å². The summed E-state index contributed by atoms with van der Waals surface area (Å²) in [6.45, 7) is 3.98. The smallest absolute Gasteiger partial charge is 0.339 e. The maximum absolute atomic E-state index is 11.7. The van der Waals surface area contributed by atoms with Gasteiger partial charge in [0.05, 0.1) is 5.57 Å². The summed E-state index contributed by atoms with van der Waals surface area (Å²) in [4.78, 5) is 11.7. The lowest BCUT2D eigenvalue weighted by Gasteiger charge is -2.04. The Balaban J connectivity index is 2.50. The Bertz CT molecular complexity index is 404. The minimum absolute atomic E-state index is 0.0716. The zero-order chi connectivity index (χ0) is 10.8. The van der Waals surface area contributed by atoms with Crippen LogP contribution in [0.2, 0.25) is 0 Å². The quantitative estimate of drug-likeness (QED) is 0.689. The molecule has 1 aliphatic heterocycles. The van der Waals surface area contributed by atoms with E-state index < -0.39 is 0 Å². The molecule has 15 heavy (non-hydrogen) atoms. The highest BCUT2D eigenvalue weighted by Crippen LogP contribution is 2.31. The van der Waals surface area contributed by atoms with Crippen molar-refractivity contribution >= 4 is 11.5 Å². The third-order valence-electron chi connectivity index (χ3n) is 2.74. The lowest BCUT2D eigenvalue weighted by atomic mass is 9.98. The van der Waals surface area contributed by atoms with E-state index in [0.717, 1.165) is 23.1 Å². The molecular formula is C13H14O2. The van der Waals surface area contributed by atoms with Gasteiger partial charge in [0.15, 0.2) is 0 Å². The van der Waals surface area contributed by atoms with Gasteiger partial charge in [-0.25, -0.2) is 4.79 Å². The summed E-state index contributed by atoms with van der Waals surface area (Å²) in [5.74, 6) is -0.189. The second kappa shape index (κ2) is 3.89. The van der Waals surface area contributed by atoms with Gasteiger partial charge in [-0.1, -0.05) is 37.3 Å². The van der Waals surface area contributed by atoms with Gasteiger partial charge in [0.1, 0.15) is 6.10 Å². The van der Waals surface area contributed by atoms with E-state index in [-0.39, 0.29) is 12.1 Å². The van der Waals surface area contributed by atoms with Crippen molar-refractivity contribution in [2.45, 2.75) is 26.4 Å². The molecular weight excluding hydrogens is 188 g/mol. The largest absolute Gasteiger partial charge is 0.454 e. The fourth-order valence-corrected chi connectivity index (χ4v) is 2.00. The number of rotatable bonds is 2. The Labute approximate surface area is 89.6 Å². The molecule has 0 bridgehead atoms. The van der Waals surface area contributed by atoms with Gasteiger partial charge in [-0.15, -0.1) is 0 Å². The summed E-state index contributed by atoms with van der Waals surface area (Å²) in [6.07, 6.45) is 0.787. The number of hydrogen-bond acceptors (Lipinski definition) is 2. The molecule has 0 spiro atoms. The van der Waals surface area contributed by atoms with Crippen molar-refractivity contribution < 1.29 is 9.53 Å². The van der Waals surface area contributed by atoms with Crippen LogP contribution < -0.4 is 0 Å². The van der Waals surface area contributed by atoms with Gasteiger partial charge in [-0.2, -0.15) is 0 Å². The van der Waals surface area contributed by atoms with Crippen molar-refractivity contribution in [3.05, 3.63) is 41.5 Å². The number of carbonyl (C=O) groups is 1. The first-order chi connectivity index (χ1) is 7.24. The zero-order valence-electron chi connectivity index (χ0n) is 8.99. The van der Waals surface area contributed by atoms with Crippen LogP contribution in [0.5, 0.6) is 0 Å². The van der Waals surface area contributed by atoms with Crippen molar-refractivity contribution in [3.8, 4) is 0 Å². The SMILES string of the molecule is CCC1=C(c2ccccc2)C(=O)O[C@@H]1C. The molecule has 0 aliphatic carbocycles. The van der Waals surface area contributed by atoms with Crippen LogP contribution in [0.25, 0.3) is 5.57 Å². The average Bonchev–Trinajstić information content (AvgIpc) is 2.54. The molecule has 0 N–H and O–H groups in total. The Hall–Kier alpha value is -1.57. The Morgan fingerprint density at radius 1 is 1.27 bits per heavy atom. The van der Waals surface area contributed by atoms with E-state index in [1.807, 2.05) is 37.3 Å². The van der Waals surface area contributed by atoms with Gasteiger partial charge in [-0.3, -0.25) is 0 Å². The second-order valence-corrected chi connectivity index (χ2v) is 3.67. The summed E-state index contributed by atoms with van der Waals surface area (Å²) in [5, 5.41) is 0. The number of cyclic esters (lactones) is 1. The molecule has 0 saturated heterocycles. The van der Waals surface area contributed by atoms with Gasteiger partial charge in [0, 0.05) is 0 Å². The van der Waals surface area contributed by atoms with Crippen LogP contribution in [0.3, 0.4) is 0 Å². The van der Waals surface area contributed by atoms with Crippen LogP contribution in [-0.4, -0.2) is 12.1 Å². The van der Waals surface area contributed by atoms with E-state index in [0.29, 0.717) is 0 Å². The van der Waals surface area contributed by atoms with Crippen molar-refractivity contribution in [3.63, 3.8) is 0 Å². The molecule has 2 heteroatoms. The van der Waals surface area contributed by atoms with Crippen LogP contribution in [0.1, 0.15) is 25.8 Å². The normalized spacial score (nSPS) is 20.7. The Morgan fingerprint density at radius 2 is 1.93 bits per heavy atom. The van der Waals surface area contributed by atoms with Gasteiger partial charge >= 0.3 is 5.97 Å². The third-order valence-corrected chi connectivity index (χ3v) is 2.74. The molecule has 2 nitrogen and oxygen atoms in total. The van der Waals surface area contributed by atoms with Crippen molar-refractivity contribution in [1.29, 1.82) is 0 Å². The van der Waals surface area contributed by atoms with Crippen LogP contribution >= 0.6 is 0 Å². The average molecular weight is 202 g/mol. The summed E-state index contributed by atoms with van der Waals surface area (Å²) in [5.41, 5.74) is 2.82. The molecule has 1 heterocycles. The molecule has 0 radical (unpaired) electrons. The minimum atomic E-state index is -0.189. The molecule has 0 aromatic heterocycles. The summed E-state index contributed by atoms with van der Waals surface area (Å²) < 4.78 is 5.22. The first kappa shape index (κ1) is 9.97. The molecule has 0 unspecified atom stereocenters. The van der Waals surface area contributed by atoms with Crippen LogP contribution in [0.15, 0.2) is 35.9 Å². The van der Waals surface area contributed by atoms with Gasteiger partial charge in [0.25, 0.3) is 0 Å². The lowest BCUT2D eigenvalue weighted by Crippen LogP contribution is -2.05. The topological polar surface area (TPSA) is 26.3 Å².